The largest absolute Gasteiger partial charge is 0.415 e. The number of hydrogen-bond donors (Lipinski definition) is 0. The number of para-hydroxylation sites is 1. The lowest BCUT2D eigenvalue weighted by Gasteiger charge is -2.15. The Labute approximate surface area is 180 Å². The van der Waals surface area contributed by atoms with Gasteiger partial charge in [0.1, 0.15) is 0 Å². The summed E-state index contributed by atoms with van der Waals surface area (Å²) in [4.78, 5) is 50.7. The third-order valence-electron chi connectivity index (χ3n) is 4.80. The molecule has 0 spiro atoms. The molecule has 0 saturated carbocycles. The highest BCUT2D eigenvalue weighted by molar-refractivity contribution is 7.99. The van der Waals surface area contributed by atoms with E-state index in [1.165, 1.54) is 17.8 Å². The number of benzene rings is 2. The van der Waals surface area contributed by atoms with Gasteiger partial charge >= 0.3 is 11.3 Å². The van der Waals surface area contributed by atoms with Gasteiger partial charge in [-0.05, 0) is 18.2 Å². The third-order valence-corrected chi connectivity index (χ3v) is 5.74. The molecule has 1 aliphatic rings. The summed E-state index contributed by atoms with van der Waals surface area (Å²) in [5.41, 5.74) is -2.33. The molecule has 13 heteroatoms. The maximum atomic E-state index is 12.8. The predicted octanol–water partition coefficient (Wildman–Crippen LogP) is 2.68. The van der Waals surface area contributed by atoms with Crippen LogP contribution in [0, 0.1) is 20.2 Å². The first-order chi connectivity index (χ1) is 15.3. The van der Waals surface area contributed by atoms with E-state index in [-0.39, 0.29) is 28.0 Å². The number of aromatic nitrogens is 2. The van der Waals surface area contributed by atoms with Gasteiger partial charge in [-0.15, -0.1) is 0 Å². The van der Waals surface area contributed by atoms with Crippen LogP contribution in [0.15, 0.2) is 66.7 Å². The molecule has 0 saturated heterocycles. The quantitative estimate of drug-likeness (QED) is 0.197. The summed E-state index contributed by atoms with van der Waals surface area (Å²) >= 11 is 1.17. The Morgan fingerprint density at radius 1 is 1.06 bits per heavy atom. The van der Waals surface area contributed by atoms with Crippen LogP contribution in [0.4, 0.5) is 11.4 Å². The molecule has 1 aliphatic heterocycles. The summed E-state index contributed by atoms with van der Waals surface area (Å²) in [6.45, 7) is 0. The van der Waals surface area contributed by atoms with Crippen LogP contribution in [0.5, 0.6) is 0 Å². The molecule has 4 aromatic rings. The summed E-state index contributed by atoms with van der Waals surface area (Å²) in [6, 6.07) is 9.80. The molecule has 5 rings (SSSR count). The molecule has 0 atom stereocenters. The van der Waals surface area contributed by atoms with Gasteiger partial charge in [-0.2, -0.15) is 9.78 Å². The number of rotatable bonds is 3. The Morgan fingerprint density at radius 2 is 1.84 bits per heavy atom. The number of nitro groups is 2. The molecular formula is C19H9N5O7S. The van der Waals surface area contributed by atoms with Crippen LogP contribution in [-0.2, 0) is 0 Å². The van der Waals surface area contributed by atoms with Crippen LogP contribution in [0.25, 0.3) is 21.9 Å². The molecule has 0 aliphatic carbocycles. The van der Waals surface area contributed by atoms with E-state index in [4.69, 9.17) is 4.42 Å². The fourth-order valence-corrected chi connectivity index (χ4v) is 4.23. The van der Waals surface area contributed by atoms with Crippen molar-refractivity contribution < 1.29 is 14.3 Å². The Kier molecular flexibility index (Phi) is 4.34. The van der Waals surface area contributed by atoms with E-state index < -0.39 is 32.4 Å². The maximum Gasteiger partial charge on any atom is 0.345 e. The summed E-state index contributed by atoms with van der Waals surface area (Å²) in [6.07, 6.45) is 0. The van der Waals surface area contributed by atoms with Gasteiger partial charge in [0.2, 0.25) is 5.58 Å². The van der Waals surface area contributed by atoms with E-state index in [1.54, 1.807) is 24.3 Å². The second kappa shape index (κ2) is 7.09. The summed E-state index contributed by atoms with van der Waals surface area (Å²) in [5.74, 6) is 0.165. The third kappa shape index (κ3) is 3.02. The van der Waals surface area contributed by atoms with E-state index in [9.17, 15) is 29.8 Å². The van der Waals surface area contributed by atoms with Crippen LogP contribution in [0.3, 0.4) is 0 Å². The lowest BCUT2D eigenvalue weighted by molar-refractivity contribution is -0.393. The van der Waals surface area contributed by atoms with E-state index in [2.05, 4.69) is 10.1 Å². The van der Waals surface area contributed by atoms with Crippen molar-refractivity contribution in [2.45, 2.75) is 5.16 Å². The summed E-state index contributed by atoms with van der Waals surface area (Å²) in [7, 11) is 0. The monoisotopic (exact) mass is 451 g/mol. The number of non-ortho nitro benzene ring substituents is 2. The minimum Gasteiger partial charge on any atom is -0.415 e. The lowest BCUT2D eigenvalue weighted by Crippen LogP contribution is -2.28. The van der Waals surface area contributed by atoms with Crippen LogP contribution in [-0.4, -0.2) is 31.0 Å². The average molecular weight is 451 g/mol. The van der Waals surface area contributed by atoms with Gasteiger partial charge < -0.3 is 4.42 Å². The normalized spacial score (nSPS) is 13.1. The van der Waals surface area contributed by atoms with Crippen molar-refractivity contribution in [1.29, 1.82) is 0 Å². The standard InChI is InChI=1S/C19H9N5O7S/c25-17-11-3-1-2-4-13(11)20-19-22(17)21-14(8-32-19)12-6-9-5-10(23(27)28)7-15(24(29)30)16(9)31-18(12)26/h1-7H,8H2. The second-order valence-electron chi connectivity index (χ2n) is 6.71. The van der Waals surface area contributed by atoms with Crippen molar-refractivity contribution in [1.82, 2.24) is 9.66 Å². The second-order valence-corrected chi connectivity index (χ2v) is 7.65. The molecule has 0 amide bonds. The van der Waals surface area contributed by atoms with Crippen molar-refractivity contribution in [3.63, 3.8) is 0 Å². The Hall–Kier alpha value is -4.39. The highest BCUT2D eigenvalue weighted by Gasteiger charge is 2.26. The number of fused-ring (bicyclic) bond motifs is 3. The molecular weight excluding hydrogens is 442 g/mol. The van der Waals surface area contributed by atoms with Gasteiger partial charge in [0.15, 0.2) is 5.16 Å². The molecule has 12 nitrogen and oxygen atoms in total. The minimum atomic E-state index is -0.918. The molecule has 2 aromatic heterocycles. The van der Waals surface area contributed by atoms with Gasteiger partial charge in [0, 0.05) is 17.2 Å². The summed E-state index contributed by atoms with van der Waals surface area (Å²) in [5, 5.41) is 27.4. The molecule has 0 fully saturated rings. The van der Waals surface area contributed by atoms with Gasteiger partial charge in [0.05, 0.1) is 38.1 Å². The summed E-state index contributed by atoms with van der Waals surface area (Å²) < 4.78 is 6.22. The number of nitrogens with zero attached hydrogens (tertiary/aromatic N) is 5. The first-order valence-corrected chi connectivity index (χ1v) is 9.95. The molecule has 0 N–H and O–H groups in total. The van der Waals surface area contributed by atoms with Crippen LogP contribution in [0.2, 0.25) is 0 Å². The number of thioether (sulfide) groups is 1. The van der Waals surface area contributed by atoms with Crippen molar-refractivity contribution in [3.05, 3.63) is 89.0 Å². The zero-order chi connectivity index (χ0) is 22.6. The van der Waals surface area contributed by atoms with Gasteiger partial charge in [-0.3, -0.25) is 25.0 Å². The van der Waals surface area contributed by atoms with Crippen molar-refractivity contribution in [2.75, 3.05) is 5.75 Å². The zero-order valence-electron chi connectivity index (χ0n) is 15.8. The number of hydrogen-bond acceptors (Lipinski definition) is 10. The fourth-order valence-electron chi connectivity index (χ4n) is 3.34. The molecule has 2 aromatic carbocycles. The average Bonchev–Trinajstić information content (AvgIpc) is 2.78. The van der Waals surface area contributed by atoms with Crippen LogP contribution < -0.4 is 11.2 Å². The Morgan fingerprint density at radius 3 is 2.59 bits per heavy atom. The molecule has 0 radical (unpaired) electrons. The molecule has 0 unspecified atom stereocenters. The van der Waals surface area contributed by atoms with Crippen molar-refractivity contribution in [3.8, 4) is 0 Å². The fraction of sp³-hybridized carbons (Fsp3) is 0.0526. The Balaban J connectivity index is 1.74. The SMILES string of the molecule is O=c1oc2c([N+](=O)[O-])cc([N+](=O)[O-])cc2cc1C1=Nn2c(nc3ccccc3c2=O)SC1. The first-order valence-electron chi connectivity index (χ1n) is 8.97. The van der Waals surface area contributed by atoms with Crippen LogP contribution in [0.1, 0.15) is 5.56 Å². The maximum absolute atomic E-state index is 12.8. The molecule has 158 valence electrons. The van der Waals surface area contributed by atoms with Crippen LogP contribution >= 0.6 is 11.8 Å². The highest BCUT2D eigenvalue weighted by atomic mass is 32.2. The van der Waals surface area contributed by atoms with E-state index >= 15 is 0 Å². The van der Waals surface area contributed by atoms with Gasteiger partial charge in [0.25, 0.3) is 11.2 Å². The molecule has 0 bridgehead atoms. The van der Waals surface area contributed by atoms with E-state index in [0.29, 0.717) is 16.1 Å². The minimum absolute atomic E-state index is 0.0111. The smallest absolute Gasteiger partial charge is 0.345 e. The van der Waals surface area contributed by atoms with E-state index in [0.717, 1.165) is 16.8 Å². The highest BCUT2D eigenvalue weighted by Crippen LogP contribution is 2.31. The van der Waals surface area contributed by atoms with Crippen molar-refractivity contribution in [2.24, 2.45) is 5.10 Å². The Bertz CT molecular complexity index is 1640. The van der Waals surface area contributed by atoms with E-state index in [1.807, 2.05) is 0 Å². The lowest BCUT2D eigenvalue weighted by atomic mass is 10.1. The zero-order valence-corrected chi connectivity index (χ0v) is 16.6. The van der Waals surface area contributed by atoms with Crippen molar-refractivity contribution >= 4 is 50.7 Å². The first kappa shape index (κ1) is 19.6. The van der Waals surface area contributed by atoms with Gasteiger partial charge in [-0.1, -0.05) is 23.9 Å². The molecule has 3 heterocycles. The van der Waals surface area contributed by atoms with Gasteiger partial charge in [-0.25, -0.2) is 9.78 Å². The predicted molar refractivity (Wildman–Crippen MR) is 114 cm³/mol. The molecule has 32 heavy (non-hydrogen) atoms. The number of nitro benzene ring substituents is 2. The topological polar surface area (TPSA) is 164 Å².